The number of phenolic OH excluding ortho intramolecular Hbond substituents is 1. The molecule has 0 amide bonds. The Morgan fingerprint density at radius 3 is 2.00 bits per heavy atom. The van der Waals surface area contributed by atoms with Crippen molar-refractivity contribution in [2.75, 3.05) is 0 Å². The Hall–Kier alpha value is -1.76. The number of hydrogen-bond acceptors (Lipinski definition) is 1. The molecule has 1 nitrogen and oxygen atoms in total. The maximum atomic E-state index is 10.2. The molecule has 0 bridgehead atoms. The van der Waals surface area contributed by atoms with Gasteiger partial charge in [-0.05, 0) is 17.5 Å². The summed E-state index contributed by atoms with van der Waals surface area (Å²) < 4.78 is 0. The van der Waals surface area contributed by atoms with E-state index in [0.717, 1.165) is 5.56 Å². The van der Waals surface area contributed by atoms with Crippen molar-refractivity contribution < 1.29 is 5.11 Å². The fourth-order valence-corrected chi connectivity index (χ4v) is 2.50. The van der Waals surface area contributed by atoms with Crippen molar-refractivity contribution in [2.45, 2.75) is 26.2 Å². The summed E-state index contributed by atoms with van der Waals surface area (Å²) in [5.41, 5.74) is 2.06. The highest BCUT2D eigenvalue weighted by atomic mass is 16.3. The molecule has 0 aliphatic rings. The lowest BCUT2D eigenvalue weighted by Crippen LogP contribution is -2.30. The molecule has 1 N–H and O–H groups in total. The summed E-state index contributed by atoms with van der Waals surface area (Å²) in [5, 5.41) is 10.2. The Morgan fingerprint density at radius 1 is 0.889 bits per heavy atom. The number of para-hydroxylation sites is 1. The van der Waals surface area contributed by atoms with Gasteiger partial charge in [-0.2, -0.15) is 0 Å². The minimum Gasteiger partial charge on any atom is -0.508 e. The predicted octanol–water partition coefficient (Wildman–Crippen LogP) is 4.35. The highest BCUT2D eigenvalue weighted by molar-refractivity contribution is 5.46. The highest BCUT2D eigenvalue weighted by Crippen LogP contribution is 2.42. The van der Waals surface area contributed by atoms with Crippen molar-refractivity contribution in [1.82, 2.24) is 0 Å². The molecule has 0 heterocycles. The van der Waals surface area contributed by atoms with Gasteiger partial charge in [0, 0.05) is 11.0 Å². The number of benzene rings is 2. The van der Waals surface area contributed by atoms with E-state index >= 15 is 0 Å². The molecule has 0 spiro atoms. The Balaban J connectivity index is 2.63. The molecular weight excluding hydrogens is 220 g/mol. The van der Waals surface area contributed by atoms with Crippen LogP contribution in [0.1, 0.15) is 31.9 Å². The van der Waals surface area contributed by atoms with Crippen molar-refractivity contribution in [2.24, 2.45) is 5.92 Å². The first-order chi connectivity index (χ1) is 8.56. The average molecular weight is 240 g/mol. The Bertz CT molecular complexity index is 516. The maximum absolute atomic E-state index is 10.2. The van der Waals surface area contributed by atoms with Gasteiger partial charge in [-0.1, -0.05) is 69.3 Å². The van der Waals surface area contributed by atoms with Crippen LogP contribution in [0.4, 0.5) is 0 Å². The van der Waals surface area contributed by atoms with E-state index in [4.69, 9.17) is 0 Å². The van der Waals surface area contributed by atoms with Crippen LogP contribution in [0.3, 0.4) is 0 Å². The van der Waals surface area contributed by atoms with E-state index in [9.17, 15) is 5.11 Å². The van der Waals surface area contributed by atoms with Crippen LogP contribution >= 0.6 is 0 Å². The Labute approximate surface area is 109 Å². The van der Waals surface area contributed by atoms with Crippen molar-refractivity contribution in [3.63, 3.8) is 0 Å². The second kappa shape index (κ2) is 4.85. The fraction of sp³-hybridized carbons (Fsp3) is 0.294. The summed E-state index contributed by atoms with van der Waals surface area (Å²) in [6.45, 7) is 6.58. The van der Waals surface area contributed by atoms with Gasteiger partial charge >= 0.3 is 0 Å². The molecule has 1 heteroatoms. The minimum atomic E-state index is -0.174. The van der Waals surface area contributed by atoms with Gasteiger partial charge in [-0.15, -0.1) is 0 Å². The molecule has 0 saturated carbocycles. The van der Waals surface area contributed by atoms with E-state index < -0.39 is 0 Å². The number of phenols is 1. The van der Waals surface area contributed by atoms with Crippen LogP contribution < -0.4 is 0 Å². The van der Waals surface area contributed by atoms with Crippen molar-refractivity contribution in [3.8, 4) is 5.75 Å². The van der Waals surface area contributed by atoms with Crippen LogP contribution in [0, 0.1) is 5.92 Å². The van der Waals surface area contributed by atoms with Gasteiger partial charge in [0.1, 0.15) is 5.75 Å². The molecule has 0 saturated heterocycles. The van der Waals surface area contributed by atoms with Crippen LogP contribution in [0.5, 0.6) is 5.75 Å². The zero-order valence-electron chi connectivity index (χ0n) is 11.2. The highest BCUT2D eigenvalue weighted by Gasteiger charge is 2.34. The van der Waals surface area contributed by atoms with Crippen molar-refractivity contribution in [3.05, 3.63) is 65.7 Å². The third kappa shape index (κ3) is 2.01. The first-order valence-corrected chi connectivity index (χ1v) is 6.41. The summed E-state index contributed by atoms with van der Waals surface area (Å²) >= 11 is 0. The summed E-state index contributed by atoms with van der Waals surface area (Å²) in [7, 11) is 0. The van der Waals surface area contributed by atoms with Crippen LogP contribution in [0.15, 0.2) is 54.6 Å². The molecule has 0 fully saturated rings. The first kappa shape index (κ1) is 12.7. The SMILES string of the molecule is CC(C)C(C)(c1ccccc1)c1ccccc1O. The lowest BCUT2D eigenvalue weighted by Gasteiger charge is -2.35. The van der Waals surface area contributed by atoms with Gasteiger partial charge in [0.05, 0.1) is 0 Å². The molecule has 1 unspecified atom stereocenters. The zero-order chi connectivity index (χ0) is 13.2. The molecule has 0 aliphatic carbocycles. The fourth-order valence-electron chi connectivity index (χ4n) is 2.50. The smallest absolute Gasteiger partial charge is 0.119 e. The number of hydrogen-bond donors (Lipinski definition) is 1. The molecule has 0 aromatic heterocycles. The topological polar surface area (TPSA) is 20.2 Å². The van der Waals surface area contributed by atoms with Gasteiger partial charge < -0.3 is 5.11 Å². The molecule has 0 radical (unpaired) electrons. The molecule has 2 rings (SSSR count). The van der Waals surface area contributed by atoms with Gasteiger partial charge in [0.25, 0.3) is 0 Å². The summed E-state index contributed by atoms with van der Waals surface area (Å²) in [6.07, 6.45) is 0. The molecule has 0 aliphatic heterocycles. The lowest BCUT2D eigenvalue weighted by molar-refractivity contribution is 0.378. The maximum Gasteiger partial charge on any atom is 0.119 e. The molecular formula is C17H20O. The molecule has 18 heavy (non-hydrogen) atoms. The van der Waals surface area contributed by atoms with Crippen molar-refractivity contribution >= 4 is 0 Å². The second-order valence-corrected chi connectivity index (χ2v) is 5.24. The van der Waals surface area contributed by atoms with Gasteiger partial charge in [-0.3, -0.25) is 0 Å². The van der Waals surface area contributed by atoms with E-state index in [1.54, 1.807) is 6.07 Å². The Morgan fingerprint density at radius 2 is 1.44 bits per heavy atom. The van der Waals surface area contributed by atoms with Gasteiger partial charge in [0.2, 0.25) is 0 Å². The summed E-state index contributed by atoms with van der Waals surface area (Å²) in [4.78, 5) is 0. The zero-order valence-corrected chi connectivity index (χ0v) is 11.2. The van der Waals surface area contributed by atoms with E-state index in [2.05, 4.69) is 45.0 Å². The van der Waals surface area contributed by atoms with Crippen molar-refractivity contribution in [1.29, 1.82) is 0 Å². The van der Waals surface area contributed by atoms with Crippen LogP contribution in [-0.4, -0.2) is 5.11 Å². The number of aromatic hydroxyl groups is 1. The van der Waals surface area contributed by atoms with Crippen LogP contribution in [-0.2, 0) is 5.41 Å². The normalized spacial score (nSPS) is 14.4. The molecule has 2 aromatic carbocycles. The number of rotatable bonds is 3. The predicted molar refractivity (Wildman–Crippen MR) is 75.8 cm³/mol. The van der Waals surface area contributed by atoms with Gasteiger partial charge in [-0.25, -0.2) is 0 Å². The first-order valence-electron chi connectivity index (χ1n) is 6.41. The molecule has 94 valence electrons. The third-order valence-electron chi connectivity index (χ3n) is 3.99. The van der Waals surface area contributed by atoms with Gasteiger partial charge in [0.15, 0.2) is 0 Å². The quantitative estimate of drug-likeness (QED) is 0.845. The van der Waals surface area contributed by atoms with E-state index in [-0.39, 0.29) is 5.41 Å². The average Bonchev–Trinajstić information content (AvgIpc) is 2.39. The standard InChI is InChI=1S/C17H20O/c1-13(2)17(3,14-9-5-4-6-10-14)15-11-7-8-12-16(15)18/h4-13,18H,1-3H3. The monoisotopic (exact) mass is 240 g/mol. The summed E-state index contributed by atoms with van der Waals surface area (Å²) in [6, 6.07) is 18.0. The second-order valence-electron chi connectivity index (χ2n) is 5.24. The van der Waals surface area contributed by atoms with Crippen LogP contribution in [0.25, 0.3) is 0 Å². The lowest BCUT2D eigenvalue weighted by atomic mass is 9.68. The largest absolute Gasteiger partial charge is 0.508 e. The van der Waals surface area contributed by atoms with E-state index in [0.29, 0.717) is 11.7 Å². The molecule has 1 atom stereocenters. The van der Waals surface area contributed by atoms with E-state index in [1.165, 1.54) is 5.56 Å². The summed E-state index contributed by atoms with van der Waals surface area (Å²) in [5.74, 6) is 0.769. The third-order valence-corrected chi connectivity index (χ3v) is 3.99. The van der Waals surface area contributed by atoms with E-state index in [1.807, 2.05) is 24.3 Å². The minimum absolute atomic E-state index is 0.174. The molecule has 2 aromatic rings. The van der Waals surface area contributed by atoms with Crippen LogP contribution in [0.2, 0.25) is 0 Å². The Kier molecular flexibility index (Phi) is 3.42.